The summed E-state index contributed by atoms with van der Waals surface area (Å²) >= 11 is 0. The van der Waals surface area contributed by atoms with Gasteiger partial charge in [0.1, 0.15) is 0 Å². The van der Waals surface area contributed by atoms with Crippen LogP contribution in [0.25, 0.3) is 0 Å². The van der Waals surface area contributed by atoms with Gasteiger partial charge in [-0.2, -0.15) is 0 Å². The molecule has 0 bridgehead atoms. The highest BCUT2D eigenvalue weighted by Gasteiger charge is 2.40. The molecule has 0 aromatic carbocycles. The molecule has 33 heavy (non-hydrogen) atoms. The first-order valence-electron chi connectivity index (χ1n) is 13.0. The van der Waals surface area contributed by atoms with E-state index in [-0.39, 0.29) is 41.8 Å². The van der Waals surface area contributed by atoms with Crippen LogP contribution in [-0.2, 0) is 9.59 Å². The minimum Gasteiger partial charge on any atom is -0.393 e. The van der Waals surface area contributed by atoms with Crippen molar-refractivity contribution in [2.75, 3.05) is 33.4 Å². The van der Waals surface area contributed by atoms with Crippen LogP contribution < -0.4 is 21.5 Å². The third-order valence-electron chi connectivity index (χ3n) is 8.56. The summed E-state index contributed by atoms with van der Waals surface area (Å²) in [5.74, 6) is 1.52. The number of hydrogen-bond donors (Lipinski definition) is 5. The number of hydrazine groups is 1. The zero-order valence-corrected chi connectivity index (χ0v) is 20.6. The molecule has 3 aliphatic heterocycles. The van der Waals surface area contributed by atoms with Gasteiger partial charge < -0.3 is 20.6 Å². The van der Waals surface area contributed by atoms with Gasteiger partial charge in [0.25, 0.3) is 0 Å². The third-order valence-corrected chi connectivity index (χ3v) is 8.56. The number of aliphatic hydroxyl groups excluding tert-OH is 1. The number of aliphatic hydroxyl groups is 1. The largest absolute Gasteiger partial charge is 0.393 e. The zero-order valence-electron chi connectivity index (χ0n) is 20.6. The summed E-state index contributed by atoms with van der Waals surface area (Å²) in [5.41, 5.74) is 6.56. The van der Waals surface area contributed by atoms with E-state index < -0.39 is 0 Å². The monoisotopic (exact) mass is 464 g/mol. The fourth-order valence-electron chi connectivity index (χ4n) is 6.07. The van der Waals surface area contributed by atoms with Crippen LogP contribution in [0, 0.1) is 23.7 Å². The molecule has 0 spiro atoms. The number of amides is 2. The third kappa shape index (κ3) is 6.06. The number of rotatable bonds is 7. The Kier molecular flexibility index (Phi) is 8.28. The van der Waals surface area contributed by atoms with Crippen molar-refractivity contribution in [2.45, 2.75) is 83.1 Å². The normalized spacial score (nSPS) is 35.6. The van der Waals surface area contributed by atoms with Crippen molar-refractivity contribution in [3.63, 3.8) is 0 Å². The average Bonchev–Trinajstić information content (AvgIpc) is 3.17. The van der Waals surface area contributed by atoms with Crippen LogP contribution >= 0.6 is 0 Å². The molecule has 7 atom stereocenters. The lowest BCUT2D eigenvalue weighted by atomic mass is 9.77. The summed E-state index contributed by atoms with van der Waals surface area (Å²) in [6.07, 6.45) is 6.94. The number of nitrogens with one attached hydrogen (secondary N) is 4. The van der Waals surface area contributed by atoms with Crippen molar-refractivity contribution in [1.82, 2.24) is 31.3 Å². The molecular formula is C24H44N6O3. The first kappa shape index (κ1) is 24.9. The number of carbonyl (C=O) groups excluding carboxylic acids is 2. The van der Waals surface area contributed by atoms with Gasteiger partial charge in [0.2, 0.25) is 11.8 Å². The predicted molar refractivity (Wildman–Crippen MR) is 127 cm³/mol. The van der Waals surface area contributed by atoms with Gasteiger partial charge in [-0.05, 0) is 64.5 Å². The van der Waals surface area contributed by atoms with Crippen LogP contribution in [0.15, 0.2) is 0 Å². The lowest BCUT2D eigenvalue weighted by Crippen LogP contribution is -2.58. The average molecular weight is 465 g/mol. The maximum absolute atomic E-state index is 13.1. The van der Waals surface area contributed by atoms with Gasteiger partial charge in [-0.3, -0.25) is 14.5 Å². The Morgan fingerprint density at radius 2 is 1.91 bits per heavy atom. The molecule has 6 unspecified atom stereocenters. The fraction of sp³-hybridized carbons (Fsp3) is 0.917. The summed E-state index contributed by atoms with van der Waals surface area (Å²) < 4.78 is 0. The van der Waals surface area contributed by atoms with E-state index in [9.17, 15) is 14.7 Å². The van der Waals surface area contributed by atoms with Crippen LogP contribution in [-0.4, -0.2) is 84.4 Å². The van der Waals surface area contributed by atoms with Crippen molar-refractivity contribution in [2.24, 2.45) is 23.7 Å². The Morgan fingerprint density at radius 1 is 1.12 bits per heavy atom. The molecular weight excluding hydrogens is 420 g/mol. The quantitative estimate of drug-likeness (QED) is 0.367. The molecule has 5 N–H and O–H groups in total. The number of nitrogens with zero attached hydrogens (tertiary/aromatic N) is 2. The molecule has 1 aliphatic carbocycles. The summed E-state index contributed by atoms with van der Waals surface area (Å²) in [5, 5.41) is 16.3. The maximum atomic E-state index is 13.1. The molecule has 1 saturated carbocycles. The summed E-state index contributed by atoms with van der Waals surface area (Å²) in [6.45, 7) is 6.98. The van der Waals surface area contributed by atoms with Crippen molar-refractivity contribution >= 4 is 11.8 Å². The highest BCUT2D eigenvalue weighted by atomic mass is 16.3. The second-order valence-corrected chi connectivity index (χ2v) is 11.1. The molecule has 4 fully saturated rings. The second-order valence-electron chi connectivity index (χ2n) is 11.1. The molecule has 0 radical (unpaired) electrons. The van der Waals surface area contributed by atoms with Crippen LogP contribution in [0.2, 0.25) is 0 Å². The van der Waals surface area contributed by atoms with Crippen LogP contribution in [0.3, 0.4) is 0 Å². The first-order valence-corrected chi connectivity index (χ1v) is 13.0. The molecule has 0 aromatic heterocycles. The minimum absolute atomic E-state index is 0.0534. The van der Waals surface area contributed by atoms with Crippen molar-refractivity contribution in [3.05, 3.63) is 0 Å². The van der Waals surface area contributed by atoms with E-state index in [4.69, 9.17) is 0 Å². The highest BCUT2D eigenvalue weighted by Crippen LogP contribution is 2.33. The maximum Gasteiger partial charge on any atom is 0.237 e. The van der Waals surface area contributed by atoms with Gasteiger partial charge in [-0.15, -0.1) is 0 Å². The molecule has 0 aromatic rings. The molecule has 3 saturated heterocycles. The van der Waals surface area contributed by atoms with E-state index in [1.54, 1.807) is 6.92 Å². The van der Waals surface area contributed by atoms with Crippen LogP contribution in [0.1, 0.15) is 58.8 Å². The number of likely N-dealkylation sites (tertiary alicyclic amines) is 1. The molecule has 9 nitrogen and oxygen atoms in total. The lowest BCUT2D eigenvalue weighted by Gasteiger charge is -2.43. The molecule has 3 heterocycles. The fourth-order valence-corrected chi connectivity index (χ4v) is 6.07. The molecule has 188 valence electrons. The molecule has 4 aliphatic rings. The Morgan fingerprint density at radius 3 is 2.61 bits per heavy atom. The Balaban J connectivity index is 1.23. The van der Waals surface area contributed by atoms with E-state index in [1.807, 2.05) is 4.90 Å². The Bertz CT molecular complexity index is 685. The molecule has 4 rings (SSSR count). The highest BCUT2D eigenvalue weighted by molar-refractivity contribution is 5.85. The molecule has 2 amide bonds. The van der Waals surface area contributed by atoms with Gasteiger partial charge in [-0.1, -0.05) is 19.8 Å². The van der Waals surface area contributed by atoms with Gasteiger partial charge in [0, 0.05) is 31.0 Å². The smallest absolute Gasteiger partial charge is 0.237 e. The molecule has 9 heteroatoms. The van der Waals surface area contributed by atoms with Gasteiger partial charge >= 0.3 is 0 Å². The van der Waals surface area contributed by atoms with Crippen molar-refractivity contribution in [3.8, 4) is 0 Å². The number of carbonyl (C=O) groups is 2. The van der Waals surface area contributed by atoms with E-state index in [0.717, 1.165) is 38.8 Å². The Hall–Kier alpha value is -1.26. The minimum atomic E-state index is -0.366. The number of piperidine rings is 1. The number of hydrogen-bond acceptors (Lipinski definition) is 7. The van der Waals surface area contributed by atoms with Crippen molar-refractivity contribution < 1.29 is 14.7 Å². The summed E-state index contributed by atoms with van der Waals surface area (Å²) in [7, 11) is 2.14. The standard InChI is InChI=1S/C24H44N6O3/c1-15(9-22-28-26-14-29(22)3)17-5-4-6-20(10-17)27-23(32)21-11-18(7-8-25-21)24(33)30-12-19(13-30)16(2)31/h15-22,25-26,28,31H,4-14H2,1-3H3,(H,27,32)/t15-,16?,17?,18?,20?,21?,22?/m1/s1. The second kappa shape index (κ2) is 11.0. The van der Waals surface area contributed by atoms with E-state index >= 15 is 0 Å². The van der Waals surface area contributed by atoms with Crippen LogP contribution in [0.5, 0.6) is 0 Å². The summed E-state index contributed by atoms with van der Waals surface area (Å²) in [6, 6.07) is -0.0621. The van der Waals surface area contributed by atoms with E-state index in [2.05, 4.69) is 40.4 Å². The lowest BCUT2D eigenvalue weighted by molar-refractivity contribution is -0.146. The predicted octanol–water partition coefficient (Wildman–Crippen LogP) is 0.218. The topological polar surface area (TPSA) is 109 Å². The van der Waals surface area contributed by atoms with Crippen molar-refractivity contribution in [1.29, 1.82) is 0 Å². The SMILES string of the molecule is CC(O)C1CN(C(=O)C2CCNC(C(=O)NC3CCCC([C@H](C)CC4NNCN4C)C3)C2)C1. The van der Waals surface area contributed by atoms with E-state index in [1.165, 1.54) is 6.42 Å². The Labute approximate surface area is 198 Å². The van der Waals surface area contributed by atoms with Gasteiger partial charge in [-0.25, -0.2) is 10.9 Å². The van der Waals surface area contributed by atoms with Gasteiger partial charge in [0.05, 0.1) is 25.0 Å². The van der Waals surface area contributed by atoms with E-state index in [0.29, 0.717) is 44.1 Å². The summed E-state index contributed by atoms with van der Waals surface area (Å²) in [4.78, 5) is 30.1. The van der Waals surface area contributed by atoms with Gasteiger partial charge in [0.15, 0.2) is 0 Å². The first-order chi connectivity index (χ1) is 15.8. The van der Waals surface area contributed by atoms with Crippen LogP contribution in [0.4, 0.5) is 0 Å². The zero-order chi connectivity index (χ0) is 23.5.